The highest BCUT2D eigenvalue weighted by Crippen LogP contribution is 2.40. The first kappa shape index (κ1) is 17.5. The summed E-state index contributed by atoms with van der Waals surface area (Å²) in [6.07, 6.45) is 4.29. The van der Waals surface area contributed by atoms with E-state index in [-0.39, 0.29) is 11.2 Å². The second kappa shape index (κ2) is 7.27. The van der Waals surface area contributed by atoms with Gasteiger partial charge in [0.15, 0.2) is 5.16 Å². The molecule has 2 aromatic heterocycles. The quantitative estimate of drug-likeness (QED) is 0.628. The van der Waals surface area contributed by atoms with Crippen LogP contribution in [0.1, 0.15) is 44.1 Å². The molecule has 24 heavy (non-hydrogen) atoms. The number of carbonyl (C=O) groups is 1. The van der Waals surface area contributed by atoms with Crippen molar-refractivity contribution in [3.8, 4) is 0 Å². The fourth-order valence-corrected chi connectivity index (χ4v) is 5.26. The van der Waals surface area contributed by atoms with E-state index in [4.69, 9.17) is 5.73 Å². The van der Waals surface area contributed by atoms with E-state index in [1.165, 1.54) is 28.6 Å². The molecule has 5 nitrogen and oxygen atoms in total. The molecule has 0 radical (unpaired) electrons. The Morgan fingerprint density at radius 2 is 2.29 bits per heavy atom. The van der Waals surface area contributed by atoms with Gasteiger partial charge in [0.25, 0.3) is 0 Å². The molecule has 1 aliphatic rings. The molecular weight excluding hydrogens is 340 g/mol. The monoisotopic (exact) mass is 364 g/mol. The number of nitrogens with two attached hydrogens (primary N) is 1. The van der Waals surface area contributed by atoms with Gasteiger partial charge in [-0.1, -0.05) is 25.6 Å². The number of thiophene rings is 1. The van der Waals surface area contributed by atoms with Crippen molar-refractivity contribution < 1.29 is 4.79 Å². The van der Waals surface area contributed by atoms with E-state index in [2.05, 4.69) is 22.2 Å². The van der Waals surface area contributed by atoms with Gasteiger partial charge in [0.2, 0.25) is 5.91 Å². The van der Waals surface area contributed by atoms with Crippen LogP contribution in [0.4, 0.5) is 5.82 Å². The Labute approximate surface area is 150 Å². The van der Waals surface area contributed by atoms with Crippen molar-refractivity contribution in [3.63, 3.8) is 0 Å². The number of aromatic nitrogens is 2. The fourth-order valence-electron chi connectivity index (χ4n) is 3.01. The molecule has 3 N–H and O–H groups in total. The van der Waals surface area contributed by atoms with Crippen LogP contribution in [0, 0.1) is 5.92 Å². The first-order valence-electron chi connectivity index (χ1n) is 8.51. The number of thioether (sulfide) groups is 1. The van der Waals surface area contributed by atoms with Crippen LogP contribution in [-0.4, -0.2) is 27.7 Å². The number of anilines is 1. The first-order chi connectivity index (χ1) is 11.5. The number of hydrogen-bond acceptors (Lipinski definition) is 6. The zero-order valence-corrected chi connectivity index (χ0v) is 16.0. The van der Waals surface area contributed by atoms with Crippen molar-refractivity contribution in [1.82, 2.24) is 15.3 Å². The van der Waals surface area contributed by atoms with Crippen LogP contribution >= 0.6 is 23.1 Å². The molecule has 0 saturated carbocycles. The number of rotatable bonds is 5. The third kappa shape index (κ3) is 3.52. The summed E-state index contributed by atoms with van der Waals surface area (Å²) in [6.45, 7) is 6.90. The largest absolute Gasteiger partial charge is 0.383 e. The lowest BCUT2D eigenvalue weighted by Crippen LogP contribution is -2.31. The fraction of sp³-hybridized carbons (Fsp3) is 0.588. The summed E-state index contributed by atoms with van der Waals surface area (Å²) < 4.78 is 0. The number of fused-ring (bicyclic) bond motifs is 3. The molecule has 3 rings (SSSR count). The lowest BCUT2D eigenvalue weighted by Gasteiger charge is -2.17. The zero-order chi connectivity index (χ0) is 17.3. The van der Waals surface area contributed by atoms with Gasteiger partial charge in [-0.3, -0.25) is 4.79 Å². The average Bonchev–Trinajstić information content (AvgIpc) is 2.89. The Balaban J connectivity index is 1.84. The summed E-state index contributed by atoms with van der Waals surface area (Å²) in [6, 6.07) is 0. The predicted molar refractivity (Wildman–Crippen MR) is 102 cm³/mol. The van der Waals surface area contributed by atoms with Crippen molar-refractivity contribution in [3.05, 3.63) is 10.4 Å². The van der Waals surface area contributed by atoms with E-state index >= 15 is 0 Å². The smallest absolute Gasteiger partial charge is 0.233 e. The number of nitrogens with one attached hydrogen (secondary N) is 1. The van der Waals surface area contributed by atoms with Crippen LogP contribution in [0.25, 0.3) is 10.2 Å². The molecule has 1 aliphatic carbocycles. The number of nitrogens with zero attached hydrogens (tertiary/aromatic N) is 2. The topological polar surface area (TPSA) is 80.9 Å². The van der Waals surface area contributed by atoms with Gasteiger partial charge in [0, 0.05) is 11.4 Å². The lowest BCUT2D eigenvalue weighted by atomic mass is 9.89. The molecular formula is C17H24N4OS2. The summed E-state index contributed by atoms with van der Waals surface area (Å²) >= 11 is 3.11. The van der Waals surface area contributed by atoms with Gasteiger partial charge >= 0.3 is 0 Å². The van der Waals surface area contributed by atoms with Gasteiger partial charge in [-0.25, -0.2) is 9.97 Å². The number of hydrogen-bond donors (Lipinski definition) is 2. The minimum Gasteiger partial charge on any atom is -0.383 e. The lowest BCUT2D eigenvalue weighted by molar-refractivity contribution is -0.120. The predicted octanol–water partition coefficient (Wildman–Crippen LogP) is 3.41. The highest BCUT2D eigenvalue weighted by Gasteiger charge is 2.24. The molecule has 2 heterocycles. The van der Waals surface area contributed by atoms with Gasteiger partial charge < -0.3 is 11.1 Å². The molecule has 2 unspecified atom stereocenters. The van der Waals surface area contributed by atoms with E-state index < -0.39 is 0 Å². The van der Waals surface area contributed by atoms with E-state index in [0.29, 0.717) is 17.5 Å². The maximum atomic E-state index is 12.0. The van der Waals surface area contributed by atoms with Crippen LogP contribution < -0.4 is 11.1 Å². The molecule has 0 saturated heterocycles. The van der Waals surface area contributed by atoms with Crippen LogP contribution in [-0.2, 0) is 17.6 Å². The molecule has 0 spiro atoms. The summed E-state index contributed by atoms with van der Waals surface area (Å²) in [7, 11) is 0. The molecule has 130 valence electrons. The molecule has 2 atom stereocenters. The highest BCUT2D eigenvalue weighted by atomic mass is 32.2. The van der Waals surface area contributed by atoms with Crippen LogP contribution in [0.3, 0.4) is 0 Å². The summed E-state index contributed by atoms with van der Waals surface area (Å²) in [5, 5.41) is 4.30. The SMILES string of the molecule is CCCNC(=O)C(C)Sc1nc(N)c2c3c(sc2n1)CC(C)CC3. The van der Waals surface area contributed by atoms with Crippen molar-refractivity contribution >= 4 is 45.0 Å². The Kier molecular flexibility index (Phi) is 5.30. The molecule has 0 fully saturated rings. The van der Waals surface area contributed by atoms with Crippen molar-refractivity contribution in [1.29, 1.82) is 0 Å². The van der Waals surface area contributed by atoms with E-state index in [0.717, 1.165) is 35.4 Å². The van der Waals surface area contributed by atoms with E-state index in [9.17, 15) is 4.79 Å². The van der Waals surface area contributed by atoms with Crippen LogP contribution in [0.15, 0.2) is 5.16 Å². The molecule has 7 heteroatoms. The maximum Gasteiger partial charge on any atom is 0.233 e. The Hall–Kier alpha value is -1.34. The van der Waals surface area contributed by atoms with Crippen molar-refractivity contribution in [2.45, 2.75) is 56.9 Å². The van der Waals surface area contributed by atoms with Crippen molar-refractivity contribution in [2.75, 3.05) is 12.3 Å². The summed E-state index contributed by atoms with van der Waals surface area (Å²) in [5.41, 5.74) is 7.58. The van der Waals surface area contributed by atoms with Gasteiger partial charge in [-0.15, -0.1) is 11.3 Å². The highest BCUT2D eigenvalue weighted by molar-refractivity contribution is 8.00. The number of aryl methyl sites for hydroxylation is 1. The standard InChI is InChI=1S/C17H24N4OS2/c1-4-7-19-15(22)10(3)23-17-20-14(18)13-11-6-5-9(2)8-12(11)24-16(13)21-17/h9-10H,4-8H2,1-3H3,(H,19,22)(H2,18,20,21). The summed E-state index contributed by atoms with van der Waals surface area (Å²) in [5.74, 6) is 1.29. The van der Waals surface area contributed by atoms with Gasteiger partial charge in [0.1, 0.15) is 10.6 Å². The van der Waals surface area contributed by atoms with Crippen molar-refractivity contribution in [2.24, 2.45) is 5.92 Å². The third-order valence-electron chi connectivity index (χ3n) is 4.36. The number of nitrogen functional groups attached to an aromatic ring is 1. The Morgan fingerprint density at radius 3 is 3.04 bits per heavy atom. The maximum absolute atomic E-state index is 12.0. The second-order valence-electron chi connectivity index (χ2n) is 6.47. The van der Waals surface area contributed by atoms with E-state index in [1.54, 1.807) is 11.3 Å². The van der Waals surface area contributed by atoms with Crippen LogP contribution in [0.2, 0.25) is 0 Å². The zero-order valence-electron chi connectivity index (χ0n) is 14.4. The third-order valence-corrected chi connectivity index (χ3v) is 6.47. The Bertz CT molecular complexity index is 759. The van der Waals surface area contributed by atoms with Gasteiger partial charge in [-0.2, -0.15) is 0 Å². The van der Waals surface area contributed by atoms with E-state index in [1.807, 2.05) is 13.8 Å². The molecule has 1 amide bonds. The molecule has 0 bridgehead atoms. The Morgan fingerprint density at radius 1 is 1.50 bits per heavy atom. The number of amides is 1. The minimum atomic E-state index is -0.233. The minimum absolute atomic E-state index is 0.0171. The molecule has 2 aromatic rings. The number of carbonyl (C=O) groups excluding carboxylic acids is 1. The van der Waals surface area contributed by atoms with Gasteiger partial charge in [0.05, 0.1) is 10.6 Å². The first-order valence-corrected chi connectivity index (χ1v) is 10.2. The second-order valence-corrected chi connectivity index (χ2v) is 8.87. The van der Waals surface area contributed by atoms with Gasteiger partial charge in [-0.05, 0) is 44.1 Å². The van der Waals surface area contributed by atoms with Crippen LogP contribution in [0.5, 0.6) is 0 Å². The average molecular weight is 365 g/mol. The molecule has 0 aliphatic heterocycles. The summed E-state index contributed by atoms with van der Waals surface area (Å²) in [4.78, 5) is 23.5. The molecule has 0 aromatic carbocycles. The normalized spacial score (nSPS) is 18.4.